The van der Waals surface area contributed by atoms with Gasteiger partial charge in [-0.3, -0.25) is 14.3 Å². The second-order valence-electron chi connectivity index (χ2n) is 6.37. The van der Waals surface area contributed by atoms with Crippen molar-refractivity contribution >= 4 is 38.5 Å². The Balaban J connectivity index is 2.05. The SMILES string of the molecule is CC(=O)SCC(=O)c1ccc(NS(=O)(=O)c2cccc(OCCN(C)C)c2)nc1. The van der Waals surface area contributed by atoms with E-state index in [1.807, 2.05) is 19.0 Å². The molecule has 0 aliphatic carbocycles. The van der Waals surface area contributed by atoms with Crippen molar-refractivity contribution in [2.75, 3.05) is 37.7 Å². The van der Waals surface area contributed by atoms with E-state index in [1.54, 1.807) is 12.1 Å². The van der Waals surface area contributed by atoms with E-state index in [1.165, 1.54) is 37.4 Å². The maximum atomic E-state index is 12.6. The van der Waals surface area contributed by atoms with Crippen molar-refractivity contribution in [2.45, 2.75) is 11.8 Å². The Morgan fingerprint density at radius 1 is 1.21 bits per heavy atom. The van der Waals surface area contributed by atoms with Crippen LogP contribution in [0.1, 0.15) is 17.3 Å². The fourth-order valence-corrected chi connectivity index (χ4v) is 3.69. The van der Waals surface area contributed by atoms with Crippen molar-refractivity contribution in [1.29, 1.82) is 0 Å². The number of carbonyl (C=O) groups is 2. The molecule has 1 aromatic carbocycles. The van der Waals surface area contributed by atoms with E-state index in [0.29, 0.717) is 24.5 Å². The summed E-state index contributed by atoms with van der Waals surface area (Å²) in [6.45, 7) is 2.52. The van der Waals surface area contributed by atoms with Crippen molar-refractivity contribution in [3.63, 3.8) is 0 Å². The predicted molar refractivity (Wildman–Crippen MR) is 113 cm³/mol. The number of anilines is 1. The molecule has 0 fully saturated rings. The zero-order valence-corrected chi connectivity index (χ0v) is 18.0. The van der Waals surface area contributed by atoms with Crippen LogP contribution in [0.4, 0.5) is 5.82 Å². The van der Waals surface area contributed by atoms with Crippen LogP contribution in [0.3, 0.4) is 0 Å². The number of aromatic nitrogens is 1. The predicted octanol–water partition coefficient (Wildman–Crippen LogP) is 2.29. The highest BCUT2D eigenvalue weighted by Gasteiger charge is 2.16. The first kappa shape index (κ1) is 22.9. The molecule has 10 heteroatoms. The van der Waals surface area contributed by atoms with Gasteiger partial charge >= 0.3 is 0 Å². The van der Waals surface area contributed by atoms with Gasteiger partial charge in [-0.1, -0.05) is 17.8 Å². The summed E-state index contributed by atoms with van der Waals surface area (Å²) in [5.74, 6) is 0.295. The van der Waals surface area contributed by atoms with E-state index in [-0.39, 0.29) is 27.4 Å². The minimum Gasteiger partial charge on any atom is -0.492 e. The van der Waals surface area contributed by atoms with Crippen molar-refractivity contribution in [2.24, 2.45) is 0 Å². The molecule has 8 nitrogen and oxygen atoms in total. The molecule has 0 spiro atoms. The highest BCUT2D eigenvalue weighted by Crippen LogP contribution is 2.20. The van der Waals surface area contributed by atoms with Crippen LogP contribution in [0.25, 0.3) is 0 Å². The van der Waals surface area contributed by atoms with E-state index in [9.17, 15) is 18.0 Å². The lowest BCUT2D eigenvalue weighted by Gasteiger charge is -2.12. The number of nitrogens with zero attached hydrogens (tertiary/aromatic N) is 2. The zero-order valence-electron chi connectivity index (χ0n) is 16.4. The molecular formula is C19H23N3O5S2. The molecule has 156 valence electrons. The molecule has 0 saturated heterocycles. The minimum absolute atomic E-state index is 0.0166. The molecule has 29 heavy (non-hydrogen) atoms. The summed E-state index contributed by atoms with van der Waals surface area (Å²) >= 11 is 0.912. The first-order chi connectivity index (χ1) is 13.7. The fraction of sp³-hybridized carbons (Fsp3) is 0.316. The second-order valence-corrected chi connectivity index (χ2v) is 9.20. The number of carbonyl (C=O) groups excluding carboxylic acids is 2. The van der Waals surface area contributed by atoms with Gasteiger partial charge in [-0.25, -0.2) is 13.4 Å². The van der Waals surface area contributed by atoms with Gasteiger partial charge in [0.25, 0.3) is 10.0 Å². The topological polar surface area (TPSA) is 106 Å². The van der Waals surface area contributed by atoms with Crippen molar-refractivity contribution in [3.8, 4) is 5.75 Å². The maximum Gasteiger partial charge on any atom is 0.263 e. The number of hydrogen-bond acceptors (Lipinski definition) is 8. The minimum atomic E-state index is -3.87. The number of nitrogens with one attached hydrogen (secondary N) is 1. The van der Waals surface area contributed by atoms with Crippen molar-refractivity contribution in [1.82, 2.24) is 9.88 Å². The number of rotatable bonds is 10. The lowest BCUT2D eigenvalue weighted by molar-refractivity contribution is -0.109. The number of ether oxygens (including phenoxy) is 1. The van der Waals surface area contributed by atoms with Crippen LogP contribution in [0, 0.1) is 0 Å². The number of pyridine rings is 1. The Bertz CT molecular complexity index is 960. The van der Waals surface area contributed by atoms with Gasteiger partial charge in [-0.2, -0.15) is 0 Å². The number of benzene rings is 1. The molecule has 0 radical (unpaired) electrons. The van der Waals surface area contributed by atoms with E-state index < -0.39 is 10.0 Å². The molecule has 1 heterocycles. The van der Waals surface area contributed by atoms with Gasteiger partial charge in [0.05, 0.1) is 10.6 Å². The van der Waals surface area contributed by atoms with Crippen LogP contribution in [0.5, 0.6) is 5.75 Å². The molecular weight excluding hydrogens is 414 g/mol. The smallest absolute Gasteiger partial charge is 0.263 e. The third-order valence-corrected chi connectivity index (χ3v) is 5.82. The third-order valence-electron chi connectivity index (χ3n) is 3.65. The van der Waals surface area contributed by atoms with Crippen molar-refractivity contribution in [3.05, 3.63) is 48.2 Å². The lowest BCUT2D eigenvalue weighted by atomic mass is 10.2. The zero-order chi connectivity index (χ0) is 21.4. The summed E-state index contributed by atoms with van der Waals surface area (Å²) in [5, 5.41) is -0.149. The van der Waals surface area contributed by atoms with Gasteiger partial charge in [0, 0.05) is 31.3 Å². The normalized spacial score (nSPS) is 11.3. The van der Waals surface area contributed by atoms with E-state index >= 15 is 0 Å². The summed E-state index contributed by atoms with van der Waals surface area (Å²) in [5.41, 5.74) is 0.304. The number of ketones is 1. The van der Waals surface area contributed by atoms with Gasteiger partial charge in [-0.15, -0.1) is 0 Å². The van der Waals surface area contributed by atoms with Crippen LogP contribution < -0.4 is 9.46 Å². The molecule has 0 amide bonds. The molecule has 1 N–H and O–H groups in total. The summed E-state index contributed by atoms with van der Waals surface area (Å²) < 4.78 is 33.2. The quantitative estimate of drug-likeness (QED) is 0.565. The Labute approximate surface area is 174 Å². The molecule has 0 bridgehead atoms. The summed E-state index contributed by atoms with van der Waals surface area (Å²) in [7, 11) is -0.0307. The first-order valence-electron chi connectivity index (χ1n) is 8.70. The fourth-order valence-electron chi connectivity index (χ4n) is 2.14. The molecule has 2 aromatic rings. The number of thioether (sulfide) groups is 1. The highest BCUT2D eigenvalue weighted by atomic mass is 32.2. The molecule has 0 aliphatic heterocycles. The summed E-state index contributed by atoms with van der Waals surface area (Å²) in [6.07, 6.45) is 1.28. The van der Waals surface area contributed by atoms with Crippen molar-refractivity contribution < 1.29 is 22.7 Å². The Hall–Kier alpha value is -2.43. The average Bonchev–Trinajstić information content (AvgIpc) is 2.66. The van der Waals surface area contributed by atoms with Gasteiger partial charge in [0.1, 0.15) is 18.2 Å². The number of Topliss-reactive ketones (excluding diaryl/α,β-unsaturated/α-hetero) is 1. The van der Waals surface area contributed by atoms with Gasteiger partial charge in [-0.05, 0) is 38.4 Å². The summed E-state index contributed by atoms with van der Waals surface area (Å²) in [6, 6.07) is 9.05. The molecule has 1 aromatic heterocycles. The number of sulfonamides is 1. The van der Waals surface area contributed by atoms with E-state index in [0.717, 1.165) is 11.8 Å². The largest absolute Gasteiger partial charge is 0.492 e. The number of likely N-dealkylation sites (N-methyl/N-ethyl adjacent to an activating group) is 1. The van der Waals surface area contributed by atoms with E-state index in [2.05, 4.69) is 9.71 Å². The Kier molecular flexibility index (Phi) is 8.18. The van der Waals surface area contributed by atoms with Gasteiger partial charge in [0.15, 0.2) is 10.9 Å². The maximum absolute atomic E-state index is 12.6. The van der Waals surface area contributed by atoms with Crippen LogP contribution in [-0.4, -0.2) is 62.2 Å². The monoisotopic (exact) mass is 437 g/mol. The van der Waals surface area contributed by atoms with Crippen LogP contribution >= 0.6 is 11.8 Å². The first-order valence-corrected chi connectivity index (χ1v) is 11.2. The number of hydrogen-bond donors (Lipinski definition) is 1. The van der Waals surface area contributed by atoms with Crippen LogP contribution in [-0.2, 0) is 14.8 Å². The van der Waals surface area contributed by atoms with E-state index in [4.69, 9.17) is 4.74 Å². The third kappa shape index (κ3) is 7.48. The molecule has 0 aliphatic rings. The lowest BCUT2D eigenvalue weighted by Crippen LogP contribution is -2.19. The van der Waals surface area contributed by atoms with Crippen LogP contribution in [0.15, 0.2) is 47.5 Å². The van der Waals surface area contributed by atoms with Gasteiger partial charge < -0.3 is 9.64 Å². The molecule has 0 saturated carbocycles. The standard InChI is InChI=1S/C19H23N3O5S2/c1-14(23)28-13-18(24)15-7-8-19(20-12-15)21-29(25,26)17-6-4-5-16(11-17)27-10-9-22(2)3/h4-8,11-12H,9-10,13H2,1-3H3,(H,20,21). The second kappa shape index (κ2) is 10.4. The van der Waals surface area contributed by atoms with Gasteiger partial charge in [0.2, 0.25) is 0 Å². The molecule has 0 atom stereocenters. The summed E-state index contributed by atoms with van der Waals surface area (Å²) in [4.78, 5) is 28.9. The molecule has 2 rings (SSSR count). The Morgan fingerprint density at radius 2 is 1.97 bits per heavy atom. The highest BCUT2D eigenvalue weighted by molar-refractivity contribution is 8.14. The average molecular weight is 438 g/mol. The Morgan fingerprint density at radius 3 is 2.59 bits per heavy atom. The molecule has 0 unspecified atom stereocenters. The van der Waals surface area contributed by atoms with Crippen LogP contribution in [0.2, 0.25) is 0 Å².